The smallest absolute Gasteiger partial charge is 0.100 e. The van der Waals surface area contributed by atoms with Crippen molar-refractivity contribution in [2.75, 3.05) is 0 Å². The molecule has 0 amide bonds. The van der Waals surface area contributed by atoms with Gasteiger partial charge >= 0.3 is 0 Å². The predicted octanol–water partition coefficient (Wildman–Crippen LogP) is 2.84. The van der Waals surface area contributed by atoms with Crippen molar-refractivity contribution in [2.24, 2.45) is 8.20 Å². The Bertz CT molecular complexity index is 144. The standard InChI is InChI=1S/C7H11IN2/c8-10-6-9-7-4-2-1-3-5-7/h7H,1-5H2. The van der Waals surface area contributed by atoms with Crippen molar-refractivity contribution in [1.29, 1.82) is 0 Å². The molecule has 0 heterocycles. The first-order valence-electron chi connectivity index (χ1n) is 3.69. The van der Waals surface area contributed by atoms with Crippen LogP contribution in [-0.4, -0.2) is 12.1 Å². The monoisotopic (exact) mass is 250 g/mol. The first kappa shape index (κ1) is 8.21. The molecule has 1 rings (SSSR count). The molecule has 0 saturated heterocycles. The van der Waals surface area contributed by atoms with E-state index in [9.17, 15) is 0 Å². The number of hydrogen-bond donors (Lipinski definition) is 0. The second kappa shape index (κ2) is 4.85. The van der Waals surface area contributed by atoms with Crippen LogP contribution in [0.25, 0.3) is 0 Å². The number of halogens is 1. The highest BCUT2D eigenvalue weighted by Crippen LogP contribution is 2.19. The van der Waals surface area contributed by atoms with Crippen LogP contribution in [0.15, 0.2) is 8.20 Å². The molecule has 0 unspecified atom stereocenters. The lowest BCUT2D eigenvalue weighted by Crippen LogP contribution is -2.08. The Labute approximate surface area is 75.3 Å². The van der Waals surface area contributed by atoms with Gasteiger partial charge in [0.2, 0.25) is 0 Å². The summed E-state index contributed by atoms with van der Waals surface area (Å²) in [5.41, 5.74) is 0. The third kappa shape index (κ3) is 2.80. The summed E-state index contributed by atoms with van der Waals surface area (Å²) in [5, 5.41) is 0. The molecule has 0 N–H and O–H groups in total. The van der Waals surface area contributed by atoms with Gasteiger partial charge in [-0.1, -0.05) is 19.3 Å². The van der Waals surface area contributed by atoms with Gasteiger partial charge in [0.1, 0.15) is 6.01 Å². The normalized spacial score (nSPS) is 19.7. The lowest BCUT2D eigenvalue weighted by atomic mass is 9.96. The lowest BCUT2D eigenvalue weighted by Gasteiger charge is -2.15. The first-order chi connectivity index (χ1) is 4.93. The number of nitrogens with zero attached hydrogens (tertiary/aromatic N) is 2. The quantitative estimate of drug-likeness (QED) is 0.505. The highest BCUT2D eigenvalue weighted by molar-refractivity contribution is 14.1. The summed E-state index contributed by atoms with van der Waals surface area (Å²) in [6, 6.07) is 3.18. The Morgan fingerprint density at radius 3 is 2.50 bits per heavy atom. The van der Waals surface area contributed by atoms with E-state index in [0.717, 1.165) is 0 Å². The van der Waals surface area contributed by atoms with Gasteiger partial charge in [-0.3, -0.25) is 0 Å². The first-order valence-corrected chi connectivity index (χ1v) is 4.66. The van der Waals surface area contributed by atoms with Crippen molar-refractivity contribution >= 4 is 28.9 Å². The molecule has 0 aromatic heterocycles. The summed E-state index contributed by atoms with van der Waals surface area (Å²) in [5.74, 6) is 0. The van der Waals surface area contributed by atoms with Crippen LogP contribution < -0.4 is 0 Å². The third-order valence-corrected chi connectivity index (χ3v) is 2.07. The summed E-state index contributed by atoms with van der Waals surface area (Å²) >= 11 is 1.90. The van der Waals surface area contributed by atoms with Crippen LogP contribution in [0.5, 0.6) is 0 Å². The Morgan fingerprint density at radius 2 is 1.90 bits per heavy atom. The minimum atomic E-state index is 0.521. The van der Waals surface area contributed by atoms with Gasteiger partial charge < -0.3 is 0 Å². The molecular weight excluding hydrogens is 239 g/mol. The third-order valence-electron chi connectivity index (χ3n) is 1.85. The van der Waals surface area contributed by atoms with Crippen LogP contribution in [0, 0.1) is 0 Å². The van der Waals surface area contributed by atoms with Crippen molar-refractivity contribution in [3.63, 3.8) is 0 Å². The molecule has 0 aromatic rings. The van der Waals surface area contributed by atoms with Gasteiger partial charge in [-0.2, -0.15) is 3.21 Å². The van der Waals surface area contributed by atoms with E-state index in [-0.39, 0.29) is 0 Å². The van der Waals surface area contributed by atoms with Gasteiger partial charge in [-0.25, -0.2) is 4.99 Å². The maximum atomic E-state index is 4.18. The fourth-order valence-corrected chi connectivity index (χ4v) is 1.44. The fourth-order valence-electron chi connectivity index (χ4n) is 1.31. The van der Waals surface area contributed by atoms with E-state index in [1.165, 1.54) is 32.1 Å². The van der Waals surface area contributed by atoms with E-state index in [0.29, 0.717) is 6.04 Å². The summed E-state index contributed by atoms with van der Waals surface area (Å²) in [6.45, 7) is 0. The van der Waals surface area contributed by atoms with Crippen molar-refractivity contribution in [1.82, 2.24) is 0 Å². The molecule has 0 aliphatic heterocycles. The van der Waals surface area contributed by atoms with Gasteiger partial charge in [0.15, 0.2) is 0 Å². The van der Waals surface area contributed by atoms with Gasteiger partial charge in [0.25, 0.3) is 0 Å². The molecule has 10 heavy (non-hydrogen) atoms. The highest BCUT2D eigenvalue weighted by Gasteiger charge is 2.10. The SMILES string of the molecule is IN=C=NC1CCCCC1. The van der Waals surface area contributed by atoms with E-state index in [1.54, 1.807) is 0 Å². The van der Waals surface area contributed by atoms with Crippen LogP contribution in [0.1, 0.15) is 32.1 Å². The number of rotatable bonds is 1. The molecule has 1 aliphatic carbocycles. The summed E-state index contributed by atoms with van der Waals surface area (Å²) in [4.78, 5) is 4.18. The molecule has 0 radical (unpaired) electrons. The Morgan fingerprint density at radius 1 is 1.20 bits per heavy atom. The molecule has 2 nitrogen and oxygen atoms in total. The summed E-state index contributed by atoms with van der Waals surface area (Å²) in [7, 11) is 0. The average Bonchev–Trinajstić information content (AvgIpc) is 2.03. The predicted molar refractivity (Wildman–Crippen MR) is 50.8 cm³/mol. The van der Waals surface area contributed by atoms with Crippen LogP contribution >= 0.6 is 22.9 Å². The molecule has 1 aliphatic rings. The number of hydrogen-bond acceptors (Lipinski definition) is 2. The van der Waals surface area contributed by atoms with Crippen LogP contribution in [0.3, 0.4) is 0 Å². The minimum absolute atomic E-state index is 0.521. The second-order valence-corrected chi connectivity index (χ2v) is 3.09. The molecular formula is C7H11IN2. The highest BCUT2D eigenvalue weighted by atomic mass is 127. The van der Waals surface area contributed by atoms with Crippen LogP contribution in [-0.2, 0) is 0 Å². The molecule has 0 spiro atoms. The van der Waals surface area contributed by atoms with Crippen molar-refractivity contribution < 1.29 is 0 Å². The molecule has 0 atom stereocenters. The Balaban J connectivity index is 2.32. The molecule has 1 fully saturated rings. The van der Waals surface area contributed by atoms with Crippen LogP contribution in [0.4, 0.5) is 0 Å². The van der Waals surface area contributed by atoms with E-state index < -0.39 is 0 Å². The lowest BCUT2D eigenvalue weighted by molar-refractivity contribution is 0.444. The molecule has 3 heteroatoms. The molecule has 1 saturated carbocycles. The van der Waals surface area contributed by atoms with Crippen molar-refractivity contribution in [3.8, 4) is 0 Å². The number of aliphatic imine (C=N–C) groups is 1. The Kier molecular flexibility index (Phi) is 3.98. The van der Waals surface area contributed by atoms with E-state index in [1.807, 2.05) is 22.9 Å². The van der Waals surface area contributed by atoms with E-state index in [4.69, 9.17) is 0 Å². The van der Waals surface area contributed by atoms with Gasteiger partial charge in [0, 0.05) is 0 Å². The second-order valence-electron chi connectivity index (χ2n) is 2.61. The van der Waals surface area contributed by atoms with Gasteiger partial charge in [0.05, 0.1) is 28.9 Å². The Hall–Kier alpha value is 0.110. The van der Waals surface area contributed by atoms with E-state index in [2.05, 4.69) is 14.2 Å². The minimum Gasteiger partial charge on any atom is -0.222 e. The summed E-state index contributed by atoms with van der Waals surface area (Å²) < 4.78 is 3.68. The largest absolute Gasteiger partial charge is 0.222 e. The average molecular weight is 250 g/mol. The van der Waals surface area contributed by atoms with Gasteiger partial charge in [-0.15, -0.1) is 0 Å². The molecule has 0 aromatic carbocycles. The molecule has 0 bridgehead atoms. The van der Waals surface area contributed by atoms with Crippen molar-refractivity contribution in [2.45, 2.75) is 38.1 Å². The maximum Gasteiger partial charge on any atom is 0.100 e. The summed E-state index contributed by atoms with van der Waals surface area (Å²) in [6.07, 6.45) is 6.51. The van der Waals surface area contributed by atoms with Gasteiger partial charge in [-0.05, 0) is 12.8 Å². The topological polar surface area (TPSA) is 24.7 Å². The van der Waals surface area contributed by atoms with Crippen LogP contribution in [0.2, 0.25) is 0 Å². The fraction of sp³-hybridized carbons (Fsp3) is 0.857. The van der Waals surface area contributed by atoms with E-state index >= 15 is 0 Å². The zero-order chi connectivity index (χ0) is 7.23. The maximum absolute atomic E-state index is 4.18. The zero-order valence-electron chi connectivity index (χ0n) is 5.89. The molecule has 56 valence electrons. The van der Waals surface area contributed by atoms with Crippen molar-refractivity contribution in [3.05, 3.63) is 0 Å². The zero-order valence-corrected chi connectivity index (χ0v) is 8.04.